The normalized spacial score (nSPS) is 10.5. The van der Waals surface area contributed by atoms with Crippen LogP contribution in [0.25, 0.3) is 5.69 Å². The van der Waals surface area contributed by atoms with Crippen LogP contribution in [0.1, 0.15) is 21.6 Å². The number of halogens is 1. The fourth-order valence-electron chi connectivity index (χ4n) is 1.79. The highest BCUT2D eigenvalue weighted by Crippen LogP contribution is 2.23. The highest BCUT2D eigenvalue weighted by molar-refractivity contribution is 9.10. The molecule has 88 valence electrons. The zero-order valence-corrected chi connectivity index (χ0v) is 11.2. The molecule has 0 fully saturated rings. The molecule has 2 rings (SSSR count). The number of carbonyl (C=O) groups is 1. The van der Waals surface area contributed by atoms with E-state index in [0.29, 0.717) is 0 Å². The van der Waals surface area contributed by atoms with Gasteiger partial charge in [-0.15, -0.1) is 0 Å². The lowest BCUT2D eigenvalue weighted by atomic mass is 10.1. The lowest BCUT2D eigenvalue weighted by Crippen LogP contribution is -2.07. The van der Waals surface area contributed by atoms with Crippen molar-refractivity contribution < 1.29 is 9.90 Å². The quantitative estimate of drug-likeness (QED) is 0.920. The summed E-state index contributed by atoms with van der Waals surface area (Å²) in [6.07, 6.45) is 1.77. The number of aromatic carboxylic acids is 1. The summed E-state index contributed by atoms with van der Waals surface area (Å²) in [6, 6.07) is 7.46. The smallest absolute Gasteiger partial charge is 0.352 e. The van der Waals surface area contributed by atoms with Crippen molar-refractivity contribution in [3.05, 3.63) is 51.8 Å². The highest BCUT2D eigenvalue weighted by atomic mass is 79.9. The van der Waals surface area contributed by atoms with E-state index in [2.05, 4.69) is 15.9 Å². The number of carboxylic acid groups (broad SMARTS) is 1. The van der Waals surface area contributed by atoms with E-state index in [1.165, 1.54) is 0 Å². The number of benzene rings is 1. The van der Waals surface area contributed by atoms with Crippen molar-refractivity contribution in [2.45, 2.75) is 13.8 Å². The molecule has 1 aromatic heterocycles. The molecule has 2 aromatic rings. The van der Waals surface area contributed by atoms with Gasteiger partial charge in [0.15, 0.2) is 0 Å². The molecule has 17 heavy (non-hydrogen) atoms. The number of hydrogen-bond acceptors (Lipinski definition) is 1. The molecule has 0 amide bonds. The van der Waals surface area contributed by atoms with Crippen LogP contribution in [0.3, 0.4) is 0 Å². The first-order valence-corrected chi connectivity index (χ1v) is 5.98. The van der Waals surface area contributed by atoms with Gasteiger partial charge in [-0.25, -0.2) is 4.79 Å². The molecule has 0 spiro atoms. The van der Waals surface area contributed by atoms with E-state index >= 15 is 0 Å². The molecule has 4 heteroatoms. The van der Waals surface area contributed by atoms with Gasteiger partial charge >= 0.3 is 5.97 Å². The Kier molecular flexibility index (Phi) is 3.07. The van der Waals surface area contributed by atoms with Crippen LogP contribution in [-0.4, -0.2) is 15.6 Å². The third kappa shape index (κ3) is 2.13. The molecule has 0 aliphatic heterocycles. The van der Waals surface area contributed by atoms with Crippen molar-refractivity contribution in [3.63, 3.8) is 0 Å². The molecule has 1 heterocycles. The number of nitrogens with zero attached hydrogens (tertiary/aromatic N) is 1. The van der Waals surface area contributed by atoms with Gasteiger partial charge in [-0.3, -0.25) is 0 Å². The molecule has 1 aromatic carbocycles. The fraction of sp³-hybridized carbons (Fsp3) is 0.154. The van der Waals surface area contributed by atoms with Gasteiger partial charge in [0, 0.05) is 16.4 Å². The zero-order valence-electron chi connectivity index (χ0n) is 9.57. The summed E-state index contributed by atoms with van der Waals surface area (Å²) >= 11 is 3.31. The maximum Gasteiger partial charge on any atom is 0.352 e. The molecule has 0 aliphatic carbocycles. The molecular weight excluding hydrogens is 282 g/mol. The first-order valence-electron chi connectivity index (χ1n) is 5.18. The lowest BCUT2D eigenvalue weighted by Gasteiger charge is -2.11. The number of rotatable bonds is 2. The molecule has 0 unspecified atom stereocenters. The van der Waals surface area contributed by atoms with Crippen LogP contribution >= 0.6 is 15.9 Å². The predicted molar refractivity (Wildman–Crippen MR) is 69.9 cm³/mol. The molecular formula is C13H12BrNO2. The number of aromatic nitrogens is 1. The second-order valence-corrected chi connectivity index (χ2v) is 4.85. The zero-order chi connectivity index (χ0) is 12.6. The molecule has 0 saturated heterocycles. The van der Waals surface area contributed by atoms with Gasteiger partial charge in [-0.05, 0) is 53.0 Å². The molecule has 0 aliphatic rings. The second-order valence-electron chi connectivity index (χ2n) is 3.94. The Bertz CT molecular complexity index is 587. The summed E-state index contributed by atoms with van der Waals surface area (Å²) < 4.78 is 2.45. The largest absolute Gasteiger partial charge is 0.477 e. The molecule has 0 bridgehead atoms. The van der Waals surface area contributed by atoms with E-state index in [4.69, 9.17) is 5.11 Å². The van der Waals surface area contributed by atoms with Crippen molar-refractivity contribution in [2.75, 3.05) is 0 Å². The van der Waals surface area contributed by atoms with Gasteiger partial charge in [-0.2, -0.15) is 0 Å². The minimum absolute atomic E-state index is 0.255. The van der Waals surface area contributed by atoms with Crippen molar-refractivity contribution in [1.29, 1.82) is 0 Å². The van der Waals surface area contributed by atoms with Crippen LogP contribution in [0.5, 0.6) is 0 Å². The first kappa shape index (κ1) is 11.9. The Hall–Kier alpha value is -1.55. The number of carboxylic acids is 1. The van der Waals surface area contributed by atoms with Gasteiger partial charge < -0.3 is 9.67 Å². The van der Waals surface area contributed by atoms with E-state index in [-0.39, 0.29) is 5.69 Å². The number of aryl methyl sites for hydroxylation is 1. The van der Waals surface area contributed by atoms with Crippen LogP contribution in [0.4, 0.5) is 0 Å². The fourth-order valence-corrected chi connectivity index (χ4v) is 2.21. The summed E-state index contributed by atoms with van der Waals surface area (Å²) in [5.74, 6) is -0.934. The molecule has 0 atom stereocenters. The van der Waals surface area contributed by atoms with Crippen LogP contribution in [-0.2, 0) is 0 Å². The van der Waals surface area contributed by atoms with E-state index in [1.807, 2.05) is 32.0 Å². The van der Waals surface area contributed by atoms with Crippen molar-refractivity contribution in [2.24, 2.45) is 0 Å². The Morgan fingerprint density at radius 1 is 1.35 bits per heavy atom. The topological polar surface area (TPSA) is 42.2 Å². The Morgan fingerprint density at radius 3 is 2.71 bits per heavy atom. The number of hydrogen-bond donors (Lipinski definition) is 1. The van der Waals surface area contributed by atoms with Gasteiger partial charge in [0.1, 0.15) is 5.69 Å². The molecule has 3 nitrogen and oxygen atoms in total. The summed E-state index contributed by atoms with van der Waals surface area (Å²) in [4.78, 5) is 11.2. The summed E-state index contributed by atoms with van der Waals surface area (Å²) in [5.41, 5.74) is 3.38. The highest BCUT2D eigenvalue weighted by Gasteiger charge is 2.14. The van der Waals surface area contributed by atoms with Crippen LogP contribution < -0.4 is 0 Å². The van der Waals surface area contributed by atoms with E-state index in [1.54, 1.807) is 16.8 Å². The van der Waals surface area contributed by atoms with Gasteiger partial charge in [-0.1, -0.05) is 12.1 Å². The van der Waals surface area contributed by atoms with Gasteiger partial charge in [0.2, 0.25) is 0 Å². The first-order chi connectivity index (χ1) is 8.00. The maximum absolute atomic E-state index is 11.2. The van der Waals surface area contributed by atoms with E-state index in [0.717, 1.165) is 21.3 Å². The average Bonchev–Trinajstić information content (AvgIpc) is 2.64. The molecule has 1 N–H and O–H groups in total. The third-order valence-electron chi connectivity index (χ3n) is 2.84. The average molecular weight is 294 g/mol. The molecule has 0 saturated carbocycles. The minimum Gasteiger partial charge on any atom is -0.477 e. The standard InChI is InChI=1S/C13H12BrNO2/c1-8-4-3-5-11(9(8)2)15-7-10(14)6-12(15)13(16)17/h3-7H,1-2H3,(H,16,17). The second kappa shape index (κ2) is 4.37. The van der Waals surface area contributed by atoms with Crippen molar-refractivity contribution >= 4 is 21.9 Å². The van der Waals surface area contributed by atoms with Gasteiger partial charge in [0.25, 0.3) is 0 Å². The third-order valence-corrected chi connectivity index (χ3v) is 3.27. The van der Waals surface area contributed by atoms with E-state index in [9.17, 15) is 4.79 Å². The summed E-state index contributed by atoms with van der Waals surface area (Å²) in [6.45, 7) is 4.00. The lowest BCUT2D eigenvalue weighted by molar-refractivity contribution is 0.0688. The Balaban J connectivity index is 2.68. The monoisotopic (exact) mass is 293 g/mol. The summed E-state index contributed by atoms with van der Waals surface area (Å²) in [5, 5.41) is 9.16. The Labute approximate surface area is 108 Å². The minimum atomic E-state index is -0.934. The van der Waals surface area contributed by atoms with Crippen LogP contribution in [0.2, 0.25) is 0 Å². The maximum atomic E-state index is 11.2. The molecule has 0 radical (unpaired) electrons. The van der Waals surface area contributed by atoms with E-state index < -0.39 is 5.97 Å². The SMILES string of the molecule is Cc1cccc(-n2cc(Br)cc2C(=O)O)c1C. The van der Waals surface area contributed by atoms with Crippen LogP contribution in [0, 0.1) is 13.8 Å². The van der Waals surface area contributed by atoms with Crippen LogP contribution in [0.15, 0.2) is 34.9 Å². The van der Waals surface area contributed by atoms with Crippen molar-refractivity contribution in [3.8, 4) is 5.69 Å². The van der Waals surface area contributed by atoms with Crippen molar-refractivity contribution in [1.82, 2.24) is 4.57 Å². The summed E-state index contributed by atoms with van der Waals surface area (Å²) in [7, 11) is 0. The Morgan fingerprint density at radius 2 is 2.06 bits per heavy atom. The van der Waals surface area contributed by atoms with Gasteiger partial charge in [0.05, 0.1) is 0 Å². The predicted octanol–water partition coefficient (Wildman–Crippen LogP) is 3.55.